The van der Waals surface area contributed by atoms with Crippen LogP contribution >= 0.6 is 23.2 Å². The molecule has 0 aliphatic rings. The largest absolute Gasteiger partial charge is 0.477 e. The van der Waals surface area contributed by atoms with Crippen molar-refractivity contribution < 1.29 is 18.3 Å². The molecule has 0 spiro atoms. The number of fused-ring (bicyclic) bond motifs is 1. The lowest BCUT2D eigenvalue weighted by molar-refractivity contribution is 0.0686. The Bertz CT molecular complexity index is 1100. The second-order valence-electron chi connectivity index (χ2n) is 5.63. The van der Waals surface area contributed by atoms with Gasteiger partial charge in [0.15, 0.2) is 9.84 Å². The molecule has 1 N–H and O–H groups in total. The van der Waals surface area contributed by atoms with Crippen molar-refractivity contribution in [2.24, 2.45) is 0 Å². The Morgan fingerprint density at radius 3 is 2.44 bits per heavy atom. The molecule has 1 aromatic heterocycles. The molecule has 3 rings (SSSR count). The van der Waals surface area contributed by atoms with Gasteiger partial charge >= 0.3 is 5.97 Å². The molecule has 130 valence electrons. The molecule has 5 nitrogen and oxygen atoms in total. The second-order valence-corrected chi connectivity index (χ2v) is 8.43. The second kappa shape index (κ2) is 6.37. The van der Waals surface area contributed by atoms with Crippen molar-refractivity contribution in [2.45, 2.75) is 11.4 Å². The standard InChI is InChI=1S/C17H13Cl2NO4S/c1-25(23,24)16-4-2-3-14-11(16)8-15(17(21)22)20(14)9-10-5-6-12(18)13(19)7-10/h2-8H,9H2,1H3,(H,21,22). The maximum Gasteiger partial charge on any atom is 0.352 e. The molecule has 0 fully saturated rings. The molecule has 0 aliphatic carbocycles. The van der Waals surface area contributed by atoms with Crippen LogP contribution in [0, 0.1) is 0 Å². The summed E-state index contributed by atoms with van der Waals surface area (Å²) in [6, 6.07) is 11.2. The monoisotopic (exact) mass is 397 g/mol. The molecule has 8 heteroatoms. The van der Waals surface area contributed by atoms with E-state index in [0.29, 0.717) is 20.9 Å². The van der Waals surface area contributed by atoms with Crippen molar-refractivity contribution in [3.8, 4) is 0 Å². The van der Waals surface area contributed by atoms with Gasteiger partial charge in [-0.05, 0) is 35.9 Å². The molecular weight excluding hydrogens is 385 g/mol. The van der Waals surface area contributed by atoms with E-state index in [0.717, 1.165) is 11.8 Å². The molecule has 0 radical (unpaired) electrons. The number of aromatic nitrogens is 1. The summed E-state index contributed by atoms with van der Waals surface area (Å²) in [6.45, 7) is 0.217. The zero-order chi connectivity index (χ0) is 18.4. The summed E-state index contributed by atoms with van der Waals surface area (Å²) in [4.78, 5) is 11.7. The van der Waals surface area contributed by atoms with Gasteiger partial charge in [-0.1, -0.05) is 35.3 Å². The van der Waals surface area contributed by atoms with Crippen molar-refractivity contribution in [3.05, 3.63) is 63.8 Å². The fourth-order valence-electron chi connectivity index (χ4n) is 2.75. The molecule has 0 atom stereocenters. The Labute approximate surface area is 154 Å². The Hall–Kier alpha value is -2.02. The summed E-state index contributed by atoms with van der Waals surface area (Å²) in [5, 5.41) is 10.7. The topological polar surface area (TPSA) is 76.4 Å². The number of halogens is 2. The highest BCUT2D eigenvalue weighted by Crippen LogP contribution is 2.29. The fourth-order valence-corrected chi connectivity index (χ4v) is 3.96. The summed E-state index contributed by atoms with van der Waals surface area (Å²) < 4.78 is 25.5. The molecule has 1 heterocycles. The first-order valence-corrected chi connectivity index (χ1v) is 9.83. The number of carboxylic acid groups (broad SMARTS) is 1. The number of carboxylic acids is 1. The lowest BCUT2D eigenvalue weighted by Gasteiger charge is -2.10. The van der Waals surface area contributed by atoms with Crippen molar-refractivity contribution in [1.29, 1.82) is 0 Å². The summed E-state index contributed by atoms with van der Waals surface area (Å²) in [7, 11) is -3.49. The fraction of sp³-hybridized carbons (Fsp3) is 0.118. The molecular formula is C17H13Cl2NO4S. The van der Waals surface area contributed by atoms with Crippen LogP contribution in [0.5, 0.6) is 0 Å². The van der Waals surface area contributed by atoms with Gasteiger partial charge in [0.25, 0.3) is 0 Å². The minimum absolute atomic E-state index is 0.00262. The van der Waals surface area contributed by atoms with Crippen LogP contribution in [0.25, 0.3) is 10.9 Å². The Morgan fingerprint density at radius 1 is 1.12 bits per heavy atom. The zero-order valence-electron chi connectivity index (χ0n) is 13.0. The number of nitrogens with zero attached hydrogens (tertiary/aromatic N) is 1. The van der Waals surface area contributed by atoms with Crippen LogP contribution in [0.4, 0.5) is 0 Å². The Balaban J connectivity index is 2.24. The molecule has 2 aromatic carbocycles. The van der Waals surface area contributed by atoms with E-state index >= 15 is 0 Å². The first-order chi connectivity index (χ1) is 11.7. The van der Waals surface area contributed by atoms with Crippen LogP contribution in [-0.4, -0.2) is 30.3 Å². The molecule has 25 heavy (non-hydrogen) atoms. The van der Waals surface area contributed by atoms with Crippen LogP contribution in [0.2, 0.25) is 10.0 Å². The molecule has 0 bridgehead atoms. The van der Waals surface area contributed by atoms with E-state index in [2.05, 4.69) is 0 Å². The predicted molar refractivity (Wildman–Crippen MR) is 97.6 cm³/mol. The van der Waals surface area contributed by atoms with Crippen LogP contribution in [0.15, 0.2) is 47.4 Å². The van der Waals surface area contributed by atoms with Gasteiger partial charge in [0, 0.05) is 18.2 Å². The summed E-state index contributed by atoms with van der Waals surface area (Å²) in [5.74, 6) is -1.14. The highest BCUT2D eigenvalue weighted by Gasteiger charge is 2.20. The van der Waals surface area contributed by atoms with Crippen LogP contribution in [0.3, 0.4) is 0 Å². The van der Waals surface area contributed by atoms with Crippen molar-refractivity contribution in [2.75, 3.05) is 6.26 Å². The average molecular weight is 398 g/mol. The van der Waals surface area contributed by atoms with Crippen molar-refractivity contribution in [1.82, 2.24) is 4.57 Å². The van der Waals surface area contributed by atoms with E-state index in [4.69, 9.17) is 23.2 Å². The first kappa shape index (κ1) is 17.8. The maximum absolute atomic E-state index is 12.0. The number of hydrogen-bond donors (Lipinski definition) is 1. The molecule has 0 saturated heterocycles. The molecule has 0 amide bonds. The van der Waals surface area contributed by atoms with Gasteiger partial charge in [0.2, 0.25) is 0 Å². The van der Waals surface area contributed by atoms with E-state index in [1.54, 1.807) is 34.9 Å². The van der Waals surface area contributed by atoms with Crippen molar-refractivity contribution in [3.63, 3.8) is 0 Å². The van der Waals surface area contributed by atoms with Gasteiger partial charge in [-0.2, -0.15) is 0 Å². The van der Waals surface area contributed by atoms with Gasteiger partial charge in [-0.25, -0.2) is 13.2 Å². The SMILES string of the molecule is CS(=O)(=O)c1cccc2c1cc(C(=O)O)n2Cc1ccc(Cl)c(Cl)c1. The smallest absolute Gasteiger partial charge is 0.352 e. The van der Waals surface area contributed by atoms with E-state index in [1.807, 2.05) is 0 Å². The Morgan fingerprint density at radius 2 is 1.84 bits per heavy atom. The number of sulfone groups is 1. The number of benzene rings is 2. The van der Waals surface area contributed by atoms with Gasteiger partial charge in [-0.15, -0.1) is 0 Å². The van der Waals surface area contributed by atoms with Crippen LogP contribution < -0.4 is 0 Å². The molecule has 0 unspecified atom stereocenters. The van der Waals surface area contributed by atoms with Gasteiger partial charge in [0.05, 0.1) is 20.5 Å². The summed E-state index contributed by atoms with van der Waals surface area (Å²) >= 11 is 11.9. The van der Waals surface area contributed by atoms with E-state index in [-0.39, 0.29) is 17.1 Å². The minimum Gasteiger partial charge on any atom is -0.477 e. The minimum atomic E-state index is -3.49. The van der Waals surface area contributed by atoms with Gasteiger partial charge in [0.1, 0.15) is 5.69 Å². The third-order valence-corrected chi connectivity index (χ3v) is 5.74. The number of aromatic carboxylic acids is 1. The average Bonchev–Trinajstić information content (AvgIpc) is 2.89. The molecule has 0 saturated carbocycles. The first-order valence-electron chi connectivity index (χ1n) is 7.18. The summed E-state index contributed by atoms with van der Waals surface area (Å²) in [6.07, 6.45) is 1.10. The van der Waals surface area contributed by atoms with Crippen LogP contribution in [0.1, 0.15) is 16.1 Å². The number of hydrogen-bond acceptors (Lipinski definition) is 3. The molecule has 0 aliphatic heterocycles. The third-order valence-electron chi connectivity index (χ3n) is 3.85. The maximum atomic E-state index is 12.0. The number of rotatable bonds is 4. The van der Waals surface area contributed by atoms with Crippen molar-refractivity contribution >= 4 is 49.9 Å². The van der Waals surface area contributed by atoms with E-state index in [1.165, 1.54) is 12.1 Å². The van der Waals surface area contributed by atoms with E-state index < -0.39 is 15.8 Å². The number of carbonyl (C=O) groups is 1. The van der Waals surface area contributed by atoms with Crippen LogP contribution in [-0.2, 0) is 16.4 Å². The van der Waals surface area contributed by atoms with Gasteiger partial charge < -0.3 is 9.67 Å². The highest BCUT2D eigenvalue weighted by atomic mass is 35.5. The normalized spacial score (nSPS) is 11.8. The quantitative estimate of drug-likeness (QED) is 0.718. The lowest BCUT2D eigenvalue weighted by Crippen LogP contribution is -2.09. The molecule has 3 aromatic rings. The predicted octanol–water partition coefficient (Wildman–Crippen LogP) is 4.10. The van der Waals surface area contributed by atoms with E-state index in [9.17, 15) is 18.3 Å². The Kier molecular flexibility index (Phi) is 4.53. The third kappa shape index (κ3) is 3.38. The lowest BCUT2D eigenvalue weighted by atomic mass is 10.2. The van der Waals surface area contributed by atoms with Gasteiger partial charge in [-0.3, -0.25) is 0 Å². The highest BCUT2D eigenvalue weighted by molar-refractivity contribution is 7.91. The summed E-state index contributed by atoms with van der Waals surface area (Å²) in [5.41, 5.74) is 1.27. The zero-order valence-corrected chi connectivity index (χ0v) is 15.4.